The van der Waals surface area contributed by atoms with Gasteiger partial charge in [0.25, 0.3) is 0 Å². The van der Waals surface area contributed by atoms with E-state index in [9.17, 15) is 0 Å². The number of hydrogen-bond donors (Lipinski definition) is 2. The Morgan fingerprint density at radius 2 is 2.09 bits per heavy atom. The zero-order chi connectivity index (χ0) is 25.4. The molecule has 1 aromatic heterocycles. The lowest BCUT2D eigenvalue weighted by atomic mass is 9.83. The second-order valence-corrected chi connectivity index (χ2v) is 11.5. The van der Waals surface area contributed by atoms with E-state index in [-0.39, 0.29) is 11.3 Å². The first-order valence-electron chi connectivity index (χ1n) is 12.8. The van der Waals surface area contributed by atoms with Crippen LogP contribution in [0.5, 0.6) is 0 Å². The average Bonchev–Trinajstić information content (AvgIpc) is 2.82. The summed E-state index contributed by atoms with van der Waals surface area (Å²) in [6.07, 6.45) is 10.9. The third-order valence-corrected chi connectivity index (χ3v) is 7.11. The van der Waals surface area contributed by atoms with Crippen molar-refractivity contribution in [2.24, 2.45) is 10.7 Å². The van der Waals surface area contributed by atoms with Gasteiger partial charge in [0.05, 0.1) is 0 Å². The number of hydrogen-bond acceptors (Lipinski definition) is 4. The van der Waals surface area contributed by atoms with Gasteiger partial charge in [-0.25, -0.2) is 4.98 Å². The fraction of sp³-hybridized carbons (Fsp3) is 0.467. The van der Waals surface area contributed by atoms with Crippen molar-refractivity contribution >= 4 is 27.5 Å². The molecule has 3 rings (SSSR count). The van der Waals surface area contributed by atoms with E-state index in [1.54, 1.807) is 0 Å². The van der Waals surface area contributed by atoms with E-state index < -0.39 is 0 Å². The van der Waals surface area contributed by atoms with Crippen LogP contribution in [0.15, 0.2) is 64.2 Å². The molecule has 0 fully saturated rings. The fourth-order valence-electron chi connectivity index (χ4n) is 4.58. The second kappa shape index (κ2) is 12.5. The number of rotatable bonds is 10. The highest BCUT2D eigenvalue weighted by molar-refractivity contribution is 9.10. The lowest BCUT2D eigenvalue weighted by Gasteiger charge is -2.23. The van der Waals surface area contributed by atoms with Crippen LogP contribution in [0.25, 0.3) is 0 Å². The quantitative estimate of drug-likeness (QED) is 0.244. The summed E-state index contributed by atoms with van der Waals surface area (Å²) in [7, 11) is 1.85. The van der Waals surface area contributed by atoms with E-state index in [1.807, 2.05) is 13.1 Å². The monoisotopic (exact) mass is 536 g/mol. The molecule has 1 aliphatic heterocycles. The highest BCUT2D eigenvalue weighted by Crippen LogP contribution is 2.33. The van der Waals surface area contributed by atoms with Gasteiger partial charge in [-0.3, -0.25) is 4.99 Å². The number of nitrogens with two attached hydrogens (primary N) is 1. The van der Waals surface area contributed by atoms with Crippen LogP contribution in [0.4, 0.5) is 5.82 Å². The number of nitrogens with zero attached hydrogens (tertiary/aromatic N) is 2. The number of aryl methyl sites for hydroxylation is 2. The van der Waals surface area contributed by atoms with E-state index in [4.69, 9.17) is 10.7 Å². The molecule has 0 amide bonds. The Bertz CT molecular complexity index is 1080. The molecule has 1 aliphatic rings. The third kappa shape index (κ3) is 8.06. The average molecular weight is 538 g/mol. The molecule has 0 saturated heterocycles. The minimum atomic E-state index is 0.0870. The molecule has 3 N–H and O–H groups in total. The number of halogens is 1. The number of allylic oxidation sites excluding steroid dienone is 3. The van der Waals surface area contributed by atoms with Crippen LogP contribution in [-0.4, -0.2) is 24.3 Å². The summed E-state index contributed by atoms with van der Waals surface area (Å²) < 4.78 is 1.11. The first-order chi connectivity index (χ1) is 16.7. The molecule has 0 saturated carbocycles. The van der Waals surface area contributed by atoms with E-state index >= 15 is 0 Å². The Labute approximate surface area is 220 Å². The van der Waals surface area contributed by atoms with Gasteiger partial charge in [0.15, 0.2) is 0 Å². The maximum atomic E-state index is 6.55. The molecule has 188 valence electrons. The molecule has 5 heteroatoms. The summed E-state index contributed by atoms with van der Waals surface area (Å²) in [5.74, 6) is 1.35. The smallest absolute Gasteiger partial charge is 0.129 e. The SMILES string of the molecule is C=CCC(CC(N)=CC(CCCc1ccc2c(n1)NCCC2)=NC)c1cc(Br)cc(C(C)(C)C)c1. The Balaban J connectivity index is 1.64. The zero-order valence-corrected chi connectivity index (χ0v) is 23.4. The number of aromatic nitrogens is 1. The minimum Gasteiger partial charge on any atom is -0.402 e. The standard InChI is InChI=1S/C30H41BrN4/c1-6-9-22(23-16-24(30(2,3)4)19-25(31)17-23)18-26(32)20-28(33-5)12-7-11-27-14-13-21-10-8-15-34-29(21)35-27/h6,13-14,16-17,19-20,22H,1,7-12,15,18,32H2,2-5H3,(H,34,35). The van der Waals surface area contributed by atoms with Crippen LogP contribution in [0, 0.1) is 0 Å². The second-order valence-electron chi connectivity index (χ2n) is 10.6. The van der Waals surface area contributed by atoms with Crippen molar-refractivity contribution < 1.29 is 0 Å². The van der Waals surface area contributed by atoms with E-state index in [0.29, 0.717) is 0 Å². The van der Waals surface area contributed by atoms with Crippen LogP contribution < -0.4 is 11.1 Å². The summed E-state index contributed by atoms with van der Waals surface area (Å²) in [5.41, 5.74) is 13.6. The van der Waals surface area contributed by atoms with Gasteiger partial charge >= 0.3 is 0 Å². The number of benzene rings is 1. The molecule has 0 radical (unpaired) electrons. The molecule has 0 spiro atoms. The zero-order valence-electron chi connectivity index (χ0n) is 21.8. The maximum Gasteiger partial charge on any atom is 0.129 e. The van der Waals surface area contributed by atoms with Gasteiger partial charge < -0.3 is 11.1 Å². The molecule has 35 heavy (non-hydrogen) atoms. The van der Waals surface area contributed by atoms with Crippen molar-refractivity contribution in [3.8, 4) is 0 Å². The van der Waals surface area contributed by atoms with Crippen LogP contribution in [-0.2, 0) is 18.3 Å². The predicted molar refractivity (Wildman–Crippen MR) is 155 cm³/mol. The largest absolute Gasteiger partial charge is 0.402 e. The third-order valence-electron chi connectivity index (χ3n) is 6.65. The Hall–Kier alpha value is -2.40. The number of fused-ring (bicyclic) bond motifs is 1. The molecule has 1 atom stereocenters. The molecule has 0 bridgehead atoms. The molecule has 1 unspecified atom stereocenters. The highest BCUT2D eigenvalue weighted by atomic mass is 79.9. The first kappa shape index (κ1) is 27.2. The molecule has 2 heterocycles. The van der Waals surface area contributed by atoms with Gasteiger partial charge in [-0.1, -0.05) is 54.9 Å². The predicted octanol–water partition coefficient (Wildman–Crippen LogP) is 7.49. The van der Waals surface area contributed by atoms with E-state index in [0.717, 1.165) is 72.5 Å². The Morgan fingerprint density at radius 3 is 2.80 bits per heavy atom. The molecular formula is C30H41BrN4. The summed E-state index contributed by atoms with van der Waals surface area (Å²) >= 11 is 3.71. The molecule has 1 aromatic carbocycles. The lowest BCUT2D eigenvalue weighted by Crippen LogP contribution is -2.14. The van der Waals surface area contributed by atoms with Gasteiger partial charge in [-0.2, -0.15) is 0 Å². The fourth-order valence-corrected chi connectivity index (χ4v) is 5.10. The van der Waals surface area contributed by atoms with Crippen LogP contribution >= 0.6 is 15.9 Å². The van der Waals surface area contributed by atoms with Gasteiger partial charge in [-0.05, 0) is 97.2 Å². The van der Waals surface area contributed by atoms with Gasteiger partial charge in [0.2, 0.25) is 0 Å². The van der Waals surface area contributed by atoms with Gasteiger partial charge in [0, 0.05) is 35.2 Å². The maximum absolute atomic E-state index is 6.55. The topological polar surface area (TPSA) is 63.3 Å². The molecular weight excluding hydrogens is 496 g/mol. The van der Waals surface area contributed by atoms with Crippen molar-refractivity contribution in [3.63, 3.8) is 0 Å². The van der Waals surface area contributed by atoms with Crippen LogP contribution in [0.1, 0.15) is 81.2 Å². The van der Waals surface area contributed by atoms with Crippen molar-refractivity contribution in [3.05, 3.63) is 81.6 Å². The molecule has 0 aliphatic carbocycles. The Morgan fingerprint density at radius 1 is 1.29 bits per heavy atom. The molecule has 2 aromatic rings. The van der Waals surface area contributed by atoms with Crippen molar-refractivity contribution in [2.45, 2.75) is 77.0 Å². The van der Waals surface area contributed by atoms with Crippen LogP contribution in [0.3, 0.4) is 0 Å². The van der Waals surface area contributed by atoms with Crippen molar-refractivity contribution in [1.82, 2.24) is 4.98 Å². The number of pyridine rings is 1. The lowest BCUT2D eigenvalue weighted by molar-refractivity contribution is 0.586. The van der Waals surface area contributed by atoms with Crippen molar-refractivity contribution in [1.29, 1.82) is 0 Å². The van der Waals surface area contributed by atoms with Gasteiger partial charge in [-0.15, -0.1) is 6.58 Å². The van der Waals surface area contributed by atoms with E-state index in [1.165, 1.54) is 23.1 Å². The number of nitrogens with one attached hydrogen (secondary N) is 1. The summed E-state index contributed by atoms with van der Waals surface area (Å²) in [5, 5.41) is 3.43. The van der Waals surface area contributed by atoms with Crippen LogP contribution in [0.2, 0.25) is 0 Å². The number of anilines is 1. The first-order valence-corrected chi connectivity index (χ1v) is 13.5. The number of aliphatic imine (C=N–C) groups is 1. The van der Waals surface area contributed by atoms with Crippen molar-refractivity contribution in [2.75, 3.05) is 18.9 Å². The minimum absolute atomic E-state index is 0.0870. The Kier molecular flexibility index (Phi) is 9.73. The van der Waals surface area contributed by atoms with E-state index in [2.05, 4.69) is 90.0 Å². The summed E-state index contributed by atoms with van der Waals surface area (Å²) in [4.78, 5) is 9.33. The summed E-state index contributed by atoms with van der Waals surface area (Å²) in [6, 6.07) is 11.1. The molecule has 4 nitrogen and oxygen atoms in total. The highest BCUT2D eigenvalue weighted by Gasteiger charge is 2.19. The normalized spacial score (nSPS) is 15.3. The van der Waals surface area contributed by atoms with Gasteiger partial charge in [0.1, 0.15) is 5.82 Å². The summed E-state index contributed by atoms with van der Waals surface area (Å²) in [6.45, 7) is 11.7.